The summed E-state index contributed by atoms with van der Waals surface area (Å²) >= 11 is 0. The van der Waals surface area contributed by atoms with Crippen LogP contribution in [0, 0.1) is 6.92 Å². The van der Waals surface area contributed by atoms with Gasteiger partial charge in [0.2, 0.25) is 0 Å². The summed E-state index contributed by atoms with van der Waals surface area (Å²) in [6.07, 6.45) is 2.80. The Kier molecular flexibility index (Phi) is 4.64. The predicted molar refractivity (Wildman–Crippen MR) is 88.1 cm³/mol. The van der Waals surface area contributed by atoms with E-state index in [4.69, 9.17) is 4.18 Å². The van der Waals surface area contributed by atoms with Crippen LogP contribution < -0.4 is 5.32 Å². The minimum absolute atomic E-state index is 0.101. The molecule has 7 heteroatoms. The lowest BCUT2D eigenvalue weighted by atomic mass is 10.1. The molecular formula is C17H18N2O4S. The van der Waals surface area contributed by atoms with Gasteiger partial charge in [-0.1, -0.05) is 23.8 Å². The molecule has 6 nitrogen and oxygen atoms in total. The highest BCUT2D eigenvalue weighted by atomic mass is 32.2. The Hall–Kier alpha value is -2.25. The molecule has 1 atom stereocenters. The minimum Gasteiger partial charge on any atom is -0.346 e. The van der Waals surface area contributed by atoms with Crippen LogP contribution in [-0.4, -0.2) is 32.0 Å². The van der Waals surface area contributed by atoms with Gasteiger partial charge in [0, 0.05) is 6.20 Å². The van der Waals surface area contributed by atoms with Crippen LogP contribution in [0.1, 0.15) is 28.0 Å². The summed E-state index contributed by atoms with van der Waals surface area (Å²) in [4.78, 5) is 16.4. The van der Waals surface area contributed by atoms with Gasteiger partial charge in [0.05, 0.1) is 17.5 Å². The Bertz CT molecular complexity index is 847. The zero-order valence-electron chi connectivity index (χ0n) is 13.2. The van der Waals surface area contributed by atoms with Gasteiger partial charge in [0.1, 0.15) is 5.69 Å². The molecule has 1 aromatic carbocycles. The molecule has 1 aliphatic rings. The van der Waals surface area contributed by atoms with Gasteiger partial charge in [-0.2, -0.15) is 8.42 Å². The van der Waals surface area contributed by atoms with Crippen LogP contribution in [0.25, 0.3) is 0 Å². The van der Waals surface area contributed by atoms with Crippen molar-refractivity contribution in [3.8, 4) is 0 Å². The molecule has 1 aliphatic heterocycles. The third kappa shape index (κ3) is 3.63. The standard InChI is InChI=1S/C17H18N2O4S/c1-12-4-8-15(9-5-12)24(21,22)23-11-14-7-6-13-3-2-10-18-16(13)17(20)19-14/h2-5,8-10,14H,6-7,11H2,1H3,(H,19,20)/t14-/m0/s1. The Balaban J connectivity index is 1.67. The monoisotopic (exact) mass is 346 g/mol. The van der Waals surface area contributed by atoms with Crippen LogP contribution in [0.2, 0.25) is 0 Å². The Morgan fingerprint density at radius 1 is 1.25 bits per heavy atom. The Morgan fingerprint density at radius 3 is 2.75 bits per heavy atom. The van der Waals surface area contributed by atoms with Crippen molar-refractivity contribution in [1.82, 2.24) is 10.3 Å². The minimum atomic E-state index is -3.84. The zero-order chi connectivity index (χ0) is 17.2. The van der Waals surface area contributed by atoms with Crippen LogP contribution in [0.4, 0.5) is 0 Å². The lowest BCUT2D eigenvalue weighted by Crippen LogP contribution is -2.37. The zero-order valence-corrected chi connectivity index (χ0v) is 14.0. The van der Waals surface area contributed by atoms with Crippen molar-refractivity contribution < 1.29 is 17.4 Å². The molecule has 0 fully saturated rings. The van der Waals surface area contributed by atoms with E-state index in [9.17, 15) is 13.2 Å². The molecule has 0 radical (unpaired) electrons. The molecule has 1 aromatic heterocycles. The Morgan fingerprint density at radius 2 is 2.00 bits per heavy atom. The van der Waals surface area contributed by atoms with Crippen molar-refractivity contribution in [3.63, 3.8) is 0 Å². The molecule has 0 unspecified atom stereocenters. The van der Waals surface area contributed by atoms with Crippen LogP contribution >= 0.6 is 0 Å². The third-order valence-electron chi connectivity index (χ3n) is 3.94. The molecule has 0 aliphatic carbocycles. The lowest BCUT2D eigenvalue weighted by Gasteiger charge is -2.15. The number of hydrogen-bond donors (Lipinski definition) is 1. The SMILES string of the molecule is Cc1ccc(S(=O)(=O)OC[C@@H]2CCc3cccnc3C(=O)N2)cc1. The van der Waals surface area contributed by atoms with E-state index in [1.807, 2.05) is 13.0 Å². The maximum atomic E-state index is 12.2. The van der Waals surface area contributed by atoms with E-state index < -0.39 is 10.1 Å². The van der Waals surface area contributed by atoms with Gasteiger partial charge >= 0.3 is 0 Å². The second kappa shape index (κ2) is 6.70. The van der Waals surface area contributed by atoms with Crippen molar-refractivity contribution in [1.29, 1.82) is 0 Å². The van der Waals surface area contributed by atoms with Gasteiger partial charge < -0.3 is 5.32 Å². The van der Waals surface area contributed by atoms with Gasteiger partial charge in [-0.25, -0.2) is 0 Å². The van der Waals surface area contributed by atoms with Crippen molar-refractivity contribution >= 4 is 16.0 Å². The van der Waals surface area contributed by atoms with Gasteiger partial charge in [-0.15, -0.1) is 0 Å². The number of aryl methyl sites for hydroxylation is 2. The van der Waals surface area contributed by atoms with Gasteiger partial charge in [-0.05, 0) is 43.5 Å². The largest absolute Gasteiger partial charge is 0.346 e. The number of pyridine rings is 1. The van der Waals surface area contributed by atoms with Crippen molar-refractivity contribution in [2.24, 2.45) is 0 Å². The maximum Gasteiger partial charge on any atom is 0.297 e. The molecule has 1 N–H and O–H groups in total. The van der Waals surface area contributed by atoms with Gasteiger partial charge in [0.25, 0.3) is 16.0 Å². The van der Waals surface area contributed by atoms with E-state index >= 15 is 0 Å². The first-order chi connectivity index (χ1) is 11.5. The summed E-state index contributed by atoms with van der Waals surface area (Å²) in [7, 11) is -3.84. The van der Waals surface area contributed by atoms with Gasteiger partial charge in [0.15, 0.2) is 0 Å². The molecule has 2 aromatic rings. The summed E-state index contributed by atoms with van der Waals surface area (Å²) in [6, 6.07) is 9.70. The average molecular weight is 346 g/mol. The highest BCUT2D eigenvalue weighted by molar-refractivity contribution is 7.86. The number of rotatable bonds is 4. The number of fused-ring (bicyclic) bond motifs is 1. The molecule has 0 spiro atoms. The smallest absolute Gasteiger partial charge is 0.297 e. The van der Waals surface area contributed by atoms with Crippen molar-refractivity contribution in [2.45, 2.75) is 30.7 Å². The molecule has 0 saturated heterocycles. The highest BCUT2D eigenvalue weighted by Gasteiger charge is 2.25. The number of aromatic nitrogens is 1. The normalized spacial score (nSPS) is 17.7. The molecule has 0 bridgehead atoms. The van der Waals surface area contributed by atoms with Gasteiger partial charge in [-0.3, -0.25) is 14.0 Å². The molecular weight excluding hydrogens is 328 g/mol. The number of hydrogen-bond acceptors (Lipinski definition) is 5. The second-order valence-electron chi connectivity index (χ2n) is 5.77. The highest BCUT2D eigenvalue weighted by Crippen LogP contribution is 2.17. The topological polar surface area (TPSA) is 85.4 Å². The summed E-state index contributed by atoms with van der Waals surface area (Å²) in [5, 5.41) is 2.78. The summed E-state index contributed by atoms with van der Waals surface area (Å²) < 4.78 is 29.6. The molecule has 1 amide bonds. The van der Waals surface area contributed by atoms with Crippen LogP contribution in [0.15, 0.2) is 47.5 Å². The van der Waals surface area contributed by atoms with Crippen molar-refractivity contribution in [3.05, 3.63) is 59.4 Å². The number of nitrogens with zero attached hydrogens (tertiary/aromatic N) is 1. The molecule has 3 rings (SSSR count). The number of benzene rings is 1. The quantitative estimate of drug-likeness (QED) is 0.854. The third-order valence-corrected chi connectivity index (χ3v) is 5.23. The molecule has 24 heavy (non-hydrogen) atoms. The first-order valence-corrected chi connectivity index (χ1v) is 9.07. The molecule has 0 saturated carbocycles. The average Bonchev–Trinajstić information content (AvgIpc) is 2.73. The number of nitrogens with one attached hydrogen (secondary N) is 1. The van der Waals surface area contributed by atoms with E-state index in [0.717, 1.165) is 11.1 Å². The van der Waals surface area contributed by atoms with E-state index in [1.165, 1.54) is 12.1 Å². The number of carbonyl (C=O) groups excluding carboxylic acids is 1. The maximum absolute atomic E-state index is 12.2. The fourth-order valence-corrected chi connectivity index (χ4v) is 3.52. The van der Waals surface area contributed by atoms with Crippen LogP contribution in [0.3, 0.4) is 0 Å². The summed E-state index contributed by atoms with van der Waals surface area (Å²) in [5.41, 5.74) is 2.22. The van der Waals surface area contributed by atoms with E-state index in [0.29, 0.717) is 18.5 Å². The van der Waals surface area contributed by atoms with E-state index in [2.05, 4.69) is 10.3 Å². The second-order valence-corrected chi connectivity index (χ2v) is 7.39. The first kappa shape index (κ1) is 16.6. The summed E-state index contributed by atoms with van der Waals surface area (Å²) in [6.45, 7) is 1.78. The first-order valence-electron chi connectivity index (χ1n) is 7.66. The predicted octanol–water partition coefficient (Wildman–Crippen LogP) is 1.84. The van der Waals surface area contributed by atoms with E-state index in [-0.39, 0.29) is 23.5 Å². The lowest BCUT2D eigenvalue weighted by molar-refractivity contribution is 0.0920. The van der Waals surface area contributed by atoms with Crippen LogP contribution in [-0.2, 0) is 20.7 Å². The van der Waals surface area contributed by atoms with E-state index in [1.54, 1.807) is 24.4 Å². The molecule has 2 heterocycles. The molecule has 126 valence electrons. The van der Waals surface area contributed by atoms with Crippen molar-refractivity contribution in [2.75, 3.05) is 6.61 Å². The summed E-state index contributed by atoms with van der Waals surface area (Å²) in [5.74, 6) is -0.301. The number of amides is 1. The van der Waals surface area contributed by atoms with Crippen LogP contribution in [0.5, 0.6) is 0 Å². The fourth-order valence-electron chi connectivity index (χ4n) is 2.57. The number of carbonyl (C=O) groups is 1. The Labute approximate surface area is 141 Å². The fraction of sp³-hybridized carbons (Fsp3) is 0.294.